The van der Waals surface area contributed by atoms with Crippen LogP contribution in [0.4, 0.5) is 0 Å². The number of rotatable bonds is 7. The van der Waals surface area contributed by atoms with Crippen LogP contribution in [0.3, 0.4) is 0 Å². The molecule has 0 unspecified atom stereocenters. The van der Waals surface area contributed by atoms with Gasteiger partial charge in [-0.15, -0.1) is 0 Å². The zero-order valence-corrected chi connectivity index (χ0v) is 13.6. The van der Waals surface area contributed by atoms with Crippen LogP contribution in [0.25, 0.3) is 0 Å². The van der Waals surface area contributed by atoms with E-state index in [1.807, 2.05) is 6.92 Å². The van der Waals surface area contributed by atoms with Crippen LogP contribution in [0.15, 0.2) is 53.7 Å². The summed E-state index contributed by atoms with van der Waals surface area (Å²) in [5.74, 6) is -0.281. The van der Waals surface area contributed by atoms with E-state index in [9.17, 15) is 13.2 Å². The summed E-state index contributed by atoms with van der Waals surface area (Å²) in [5.41, 5.74) is 1.08. The molecule has 7 heteroatoms. The number of aromatic nitrogens is 1. The molecular formula is C16H19N3O3S. The van der Waals surface area contributed by atoms with Crippen LogP contribution in [0.1, 0.15) is 29.3 Å². The van der Waals surface area contributed by atoms with Crippen LogP contribution < -0.4 is 10.0 Å². The van der Waals surface area contributed by atoms with Gasteiger partial charge in [0, 0.05) is 31.0 Å². The third-order valence-electron chi connectivity index (χ3n) is 3.13. The summed E-state index contributed by atoms with van der Waals surface area (Å²) in [6, 6.07) is 9.50. The molecular weight excluding hydrogens is 314 g/mol. The lowest BCUT2D eigenvalue weighted by Gasteiger charge is -2.09. The van der Waals surface area contributed by atoms with Gasteiger partial charge < -0.3 is 5.32 Å². The van der Waals surface area contributed by atoms with Gasteiger partial charge in [-0.1, -0.05) is 19.1 Å². The molecule has 0 aliphatic rings. The summed E-state index contributed by atoms with van der Waals surface area (Å²) in [6.07, 6.45) is 4.03. The predicted octanol–water partition coefficient (Wildman–Crippen LogP) is 1.70. The highest BCUT2D eigenvalue weighted by Crippen LogP contribution is 2.12. The van der Waals surface area contributed by atoms with Gasteiger partial charge in [-0.05, 0) is 36.2 Å². The number of benzene rings is 1. The first-order valence-corrected chi connectivity index (χ1v) is 8.78. The fourth-order valence-electron chi connectivity index (χ4n) is 1.91. The van der Waals surface area contributed by atoms with Crippen molar-refractivity contribution in [2.75, 3.05) is 6.54 Å². The Morgan fingerprint density at radius 2 is 2.04 bits per heavy atom. The van der Waals surface area contributed by atoms with Crippen molar-refractivity contribution in [3.63, 3.8) is 0 Å². The first-order chi connectivity index (χ1) is 11.0. The van der Waals surface area contributed by atoms with E-state index in [2.05, 4.69) is 15.0 Å². The quantitative estimate of drug-likeness (QED) is 0.807. The first-order valence-electron chi connectivity index (χ1n) is 7.30. The Morgan fingerprint density at radius 1 is 1.22 bits per heavy atom. The van der Waals surface area contributed by atoms with E-state index in [0.29, 0.717) is 12.1 Å². The maximum Gasteiger partial charge on any atom is 0.251 e. The van der Waals surface area contributed by atoms with Gasteiger partial charge in [-0.25, -0.2) is 13.1 Å². The number of pyridine rings is 1. The molecule has 1 heterocycles. The minimum Gasteiger partial charge on any atom is -0.352 e. The highest BCUT2D eigenvalue weighted by atomic mass is 32.2. The monoisotopic (exact) mass is 333 g/mol. The lowest BCUT2D eigenvalue weighted by Crippen LogP contribution is -2.26. The molecule has 23 heavy (non-hydrogen) atoms. The number of carbonyl (C=O) groups excluding carboxylic acids is 1. The van der Waals surface area contributed by atoms with Crippen molar-refractivity contribution in [2.24, 2.45) is 0 Å². The molecule has 2 N–H and O–H groups in total. The maximum absolute atomic E-state index is 12.3. The molecule has 0 aliphatic carbocycles. The second-order valence-corrected chi connectivity index (χ2v) is 6.74. The van der Waals surface area contributed by atoms with Crippen molar-refractivity contribution < 1.29 is 13.2 Å². The Balaban J connectivity index is 2.11. The fourth-order valence-corrected chi connectivity index (χ4v) is 2.97. The molecule has 0 bridgehead atoms. The standard InChI is InChI=1S/C16H19N3O3S/c1-2-8-18-16(20)14-6-3-7-15(10-14)23(21,22)19-12-13-5-4-9-17-11-13/h3-7,9-11,19H,2,8,12H2,1H3,(H,18,20). The second kappa shape index (κ2) is 7.85. The van der Waals surface area contributed by atoms with Crippen LogP contribution in [0.2, 0.25) is 0 Å². The normalized spacial score (nSPS) is 11.2. The van der Waals surface area contributed by atoms with E-state index in [4.69, 9.17) is 0 Å². The van der Waals surface area contributed by atoms with Crippen molar-refractivity contribution in [2.45, 2.75) is 24.8 Å². The number of amides is 1. The van der Waals surface area contributed by atoms with E-state index < -0.39 is 10.0 Å². The largest absolute Gasteiger partial charge is 0.352 e. The van der Waals surface area contributed by atoms with E-state index in [0.717, 1.165) is 12.0 Å². The fraction of sp³-hybridized carbons (Fsp3) is 0.250. The highest BCUT2D eigenvalue weighted by molar-refractivity contribution is 7.89. The SMILES string of the molecule is CCCNC(=O)c1cccc(S(=O)(=O)NCc2cccnc2)c1. The first kappa shape index (κ1) is 17.1. The van der Waals surface area contributed by atoms with Gasteiger partial charge in [0.05, 0.1) is 4.90 Å². The summed E-state index contributed by atoms with van der Waals surface area (Å²) in [7, 11) is -3.69. The second-order valence-electron chi connectivity index (χ2n) is 4.97. The number of nitrogens with one attached hydrogen (secondary N) is 2. The molecule has 2 rings (SSSR count). The molecule has 6 nitrogen and oxygen atoms in total. The van der Waals surface area contributed by atoms with Crippen molar-refractivity contribution >= 4 is 15.9 Å². The zero-order chi connectivity index (χ0) is 16.7. The lowest BCUT2D eigenvalue weighted by molar-refractivity contribution is 0.0953. The third-order valence-corrected chi connectivity index (χ3v) is 4.53. The van der Waals surface area contributed by atoms with Crippen molar-refractivity contribution in [3.8, 4) is 0 Å². The van der Waals surface area contributed by atoms with Gasteiger partial charge >= 0.3 is 0 Å². The number of hydrogen-bond acceptors (Lipinski definition) is 4. The molecule has 2 aromatic rings. The maximum atomic E-state index is 12.3. The topological polar surface area (TPSA) is 88.2 Å². The smallest absolute Gasteiger partial charge is 0.251 e. The Kier molecular flexibility index (Phi) is 5.84. The van der Waals surface area contributed by atoms with Gasteiger partial charge in [0.25, 0.3) is 5.91 Å². The van der Waals surface area contributed by atoms with Crippen LogP contribution >= 0.6 is 0 Å². The molecule has 0 saturated carbocycles. The van der Waals surface area contributed by atoms with E-state index in [1.54, 1.807) is 36.7 Å². The molecule has 0 atom stereocenters. The predicted molar refractivity (Wildman–Crippen MR) is 87.3 cm³/mol. The van der Waals surface area contributed by atoms with Gasteiger partial charge in [0.2, 0.25) is 10.0 Å². The molecule has 122 valence electrons. The Bertz CT molecular complexity index is 761. The Morgan fingerprint density at radius 3 is 2.74 bits per heavy atom. The Labute approximate surface area is 136 Å². The molecule has 0 radical (unpaired) electrons. The molecule has 1 aromatic carbocycles. The van der Waals surface area contributed by atoms with Crippen LogP contribution in [-0.2, 0) is 16.6 Å². The minimum atomic E-state index is -3.69. The van der Waals surface area contributed by atoms with E-state index in [1.165, 1.54) is 12.1 Å². The zero-order valence-electron chi connectivity index (χ0n) is 12.8. The molecule has 1 aromatic heterocycles. The van der Waals surface area contributed by atoms with Crippen molar-refractivity contribution in [1.82, 2.24) is 15.0 Å². The summed E-state index contributed by atoms with van der Waals surface area (Å²) < 4.78 is 27.2. The number of nitrogens with zero attached hydrogens (tertiary/aromatic N) is 1. The van der Waals surface area contributed by atoms with Crippen LogP contribution in [-0.4, -0.2) is 25.9 Å². The molecule has 0 spiro atoms. The van der Waals surface area contributed by atoms with Gasteiger partial charge in [-0.3, -0.25) is 9.78 Å². The van der Waals surface area contributed by atoms with Gasteiger partial charge in [-0.2, -0.15) is 0 Å². The lowest BCUT2D eigenvalue weighted by atomic mass is 10.2. The van der Waals surface area contributed by atoms with Gasteiger partial charge in [0.15, 0.2) is 0 Å². The molecule has 0 aliphatic heterocycles. The van der Waals surface area contributed by atoms with E-state index in [-0.39, 0.29) is 17.3 Å². The van der Waals surface area contributed by atoms with Gasteiger partial charge in [0.1, 0.15) is 0 Å². The van der Waals surface area contributed by atoms with Crippen LogP contribution in [0, 0.1) is 0 Å². The highest BCUT2D eigenvalue weighted by Gasteiger charge is 2.16. The van der Waals surface area contributed by atoms with Crippen LogP contribution in [0.5, 0.6) is 0 Å². The number of carbonyl (C=O) groups is 1. The van der Waals surface area contributed by atoms with Crippen molar-refractivity contribution in [1.29, 1.82) is 0 Å². The summed E-state index contributed by atoms with van der Waals surface area (Å²) in [4.78, 5) is 15.9. The summed E-state index contributed by atoms with van der Waals surface area (Å²) in [6.45, 7) is 2.64. The average Bonchev–Trinajstić information content (AvgIpc) is 2.59. The molecule has 0 fully saturated rings. The summed E-state index contributed by atoms with van der Waals surface area (Å²) in [5, 5.41) is 2.72. The molecule has 0 saturated heterocycles. The number of hydrogen-bond donors (Lipinski definition) is 2. The number of sulfonamides is 1. The minimum absolute atomic E-state index is 0.0607. The third kappa shape index (κ3) is 4.87. The average molecular weight is 333 g/mol. The van der Waals surface area contributed by atoms with E-state index >= 15 is 0 Å². The van der Waals surface area contributed by atoms with Crippen molar-refractivity contribution in [3.05, 3.63) is 59.9 Å². The summed E-state index contributed by atoms with van der Waals surface area (Å²) >= 11 is 0. The molecule has 1 amide bonds. The Hall–Kier alpha value is -2.25.